The minimum absolute atomic E-state index is 0.0340. The third-order valence-electron chi connectivity index (χ3n) is 1.83. The van der Waals surface area contributed by atoms with Crippen LogP contribution < -0.4 is 4.72 Å². The van der Waals surface area contributed by atoms with Crippen LogP contribution in [0.25, 0.3) is 0 Å². The molecule has 0 heterocycles. The van der Waals surface area contributed by atoms with Crippen LogP contribution in [0.15, 0.2) is 22.7 Å². The molecule has 0 aliphatic heterocycles. The fourth-order valence-corrected chi connectivity index (χ4v) is 1.89. The second-order valence-corrected chi connectivity index (χ2v) is 5.95. The van der Waals surface area contributed by atoms with Crippen LogP contribution in [0.2, 0.25) is 0 Å². The summed E-state index contributed by atoms with van der Waals surface area (Å²) in [5.41, 5.74) is 0.492. The van der Waals surface area contributed by atoms with Gasteiger partial charge in [-0.1, -0.05) is 22.0 Å². The lowest BCUT2D eigenvalue weighted by Crippen LogP contribution is -2.22. The highest BCUT2D eigenvalue weighted by Crippen LogP contribution is 2.16. The van der Waals surface area contributed by atoms with E-state index in [1.165, 1.54) is 6.07 Å². The van der Waals surface area contributed by atoms with E-state index in [1.54, 1.807) is 12.1 Å². The average molecular weight is 308 g/mol. The van der Waals surface area contributed by atoms with Gasteiger partial charge in [-0.15, -0.1) is 0 Å². The van der Waals surface area contributed by atoms with E-state index in [0.717, 1.165) is 6.26 Å². The van der Waals surface area contributed by atoms with Crippen LogP contribution in [0.4, 0.5) is 0 Å². The Labute approximate surface area is 102 Å². The van der Waals surface area contributed by atoms with Crippen LogP contribution in [-0.2, 0) is 16.6 Å². The van der Waals surface area contributed by atoms with Crippen molar-refractivity contribution in [3.05, 3.63) is 33.8 Å². The number of carboxylic acid groups (broad SMARTS) is 1. The molecule has 0 aliphatic carbocycles. The molecule has 0 atom stereocenters. The summed E-state index contributed by atoms with van der Waals surface area (Å²) in [5.74, 6) is -1.09. The number of carboxylic acids is 1. The first-order valence-electron chi connectivity index (χ1n) is 4.26. The van der Waals surface area contributed by atoms with E-state index in [2.05, 4.69) is 20.7 Å². The Kier molecular flexibility index (Phi) is 4.06. The van der Waals surface area contributed by atoms with E-state index in [0.29, 0.717) is 10.0 Å². The number of sulfonamides is 1. The molecule has 0 amide bonds. The van der Waals surface area contributed by atoms with Crippen molar-refractivity contribution in [2.24, 2.45) is 0 Å². The summed E-state index contributed by atoms with van der Waals surface area (Å²) in [6.45, 7) is -0.0340. The second-order valence-electron chi connectivity index (χ2n) is 3.20. The number of rotatable bonds is 4. The highest BCUT2D eigenvalue weighted by atomic mass is 79.9. The highest BCUT2D eigenvalue weighted by Gasteiger charge is 2.11. The Morgan fingerprint density at radius 1 is 1.50 bits per heavy atom. The third-order valence-corrected chi connectivity index (χ3v) is 2.99. The molecule has 1 aromatic carbocycles. The monoisotopic (exact) mass is 307 g/mol. The normalized spacial score (nSPS) is 11.4. The first-order valence-corrected chi connectivity index (χ1v) is 6.94. The lowest BCUT2D eigenvalue weighted by Gasteiger charge is -2.06. The first-order chi connectivity index (χ1) is 7.29. The molecule has 2 N–H and O–H groups in total. The Hall–Kier alpha value is -0.920. The zero-order valence-electron chi connectivity index (χ0n) is 8.40. The van der Waals surface area contributed by atoms with Gasteiger partial charge in [-0.05, 0) is 17.7 Å². The van der Waals surface area contributed by atoms with Gasteiger partial charge in [-0.25, -0.2) is 17.9 Å². The molecule has 1 rings (SSSR count). The van der Waals surface area contributed by atoms with Crippen molar-refractivity contribution in [2.45, 2.75) is 6.54 Å². The third kappa shape index (κ3) is 3.92. The van der Waals surface area contributed by atoms with Crippen molar-refractivity contribution >= 4 is 31.9 Å². The number of carbonyl (C=O) groups is 1. The molecular formula is C9H10BrNO4S. The summed E-state index contributed by atoms with van der Waals surface area (Å²) < 4.78 is 24.6. The van der Waals surface area contributed by atoms with E-state index >= 15 is 0 Å². The Morgan fingerprint density at radius 2 is 2.12 bits per heavy atom. The van der Waals surface area contributed by atoms with E-state index in [-0.39, 0.29) is 12.1 Å². The fourth-order valence-electron chi connectivity index (χ4n) is 1.11. The van der Waals surface area contributed by atoms with Crippen LogP contribution in [0, 0.1) is 0 Å². The molecule has 0 saturated carbocycles. The molecule has 1 aromatic rings. The minimum atomic E-state index is -3.33. The number of nitrogens with one attached hydrogen (secondary N) is 1. The molecule has 7 heteroatoms. The smallest absolute Gasteiger partial charge is 0.336 e. The summed E-state index contributed by atoms with van der Waals surface area (Å²) >= 11 is 3.15. The van der Waals surface area contributed by atoms with Gasteiger partial charge in [0.15, 0.2) is 0 Å². The van der Waals surface area contributed by atoms with Crippen molar-refractivity contribution in [2.75, 3.05) is 6.26 Å². The van der Waals surface area contributed by atoms with Gasteiger partial charge in [0.2, 0.25) is 10.0 Å². The molecule has 0 aliphatic rings. The lowest BCUT2D eigenvalue weighted by molar-refractivity contribution is 0.0695. The van der Waals surface area contributed by atoms with Crippen LogP contribution in [0.5, 0.6) is 0 Å². The Balaban J connectivity index is 3.00. The maximum atomic E-state index is 10.9. The standard InChI is InChI=1S/C9H10BrNO4S/c1-16(14,15)11-5-6-2-3-7(10)4-8(6)9(12)13/h2-4,11H,5H2,1H3,(H,12,13). The molecular weight excluding hydrogens is 298 g/mol. The summed E-state index contributed by atoms with van der Waals surface area (Å²) in [7, 11) is -3.33. The van der Waals surface area contributed by atoms with Gasteiger partial charge in [-0.3, -0.25) is 0 Å². The number of hydrogen-bond donors (Lipinski definition) is 2. The van der Waals surface area contributed by atoms with Crippen LogP contribution in [0.1, 0.15) is 15.9 Å². The molecule has 16 heavy (non-hydrogen) atoms. The first kappa shape index (κ1) is 13.1. The predicted molar refractivity (Wildman–Crippen MR) is 62.8 cm³/mol. The van der Waals surface area contributed by atoms with Gasteiger partial charge >= 0.3 is 5.97 Å². The van der Waals surface area contributed by atoms with Crippen molar-refractivity contribution < 1.29 is 18.3 Å². The number of halogens is 1. The molecule has 88 valence electrons. The van der Waals surface area contributed by atoms with Gasteiger partial charge in [0.05, 0.1) is 11.8 Å². The number of aromatic carboxylic acids is 1. The highest BCUT2D eigenvalue weighted by molar-refractivity contribution is 9.10. The SMILES string of the molecule is CS(=O)(=O)NCc1ccc(Br)cc1C(=O)O. The van der Waals surface area contributed by atoms with Crippen molar-refractivity contribution in [3.63, 3.8) is 0 Å². The fraction of sp³-hybridized carbons (Fsp3) is 0.222. The van der Waals surface area contributed by atoms with Gasteiger partial charge in [0.1, 0.15) is 0 Å². The second kappa shape index (κ2) is 4.94. The van der Waals surface area contributed by atoms with E-state index < -0.39 is 16.0 Å². The number of benzene rings is 1. The van der Waals surface area contributed by atoms with Crippen LogP contribution >= 0.6 is 15.9 Å². The lowest BCUT2D eigenvalue weighted by atomic mass is 10.1. The molecule has 0 aromatic heterocycles. The van der Waals surface area contributed by atoms with Crippen molar-refractivity contribution in [1.82, 2.24) is 4.72 Å². The predicted octanol–water partition coefficient (Wildman–Crippen LogP) is 1.20. The molecule has 0 saturated heterocycles. The van der Waals surface area contributed by atoms with Gasteiger partial charge in [0, 0.05) is 11.0 Å². The maximum Gasteiger partial charge on any atom is 0.336 e. The van der Waals surface area contributed by atoms with E-state index in [1.807, 2.05) is 0 Å². The zero-order chi connectivity index (χ0) is 12.3. The largest absolute Gasteiger partial charge is 0.478 e. The molecule has 5 nitrogen and oxygen atoms in total. The molecule has 0 fully saturated rings. The average Bonchev–Trinajstić information content (AvgIpc) is 2.14. The topological polar surface area (TPSA) is 83.5 Å². The summed E-state index contributed by atoms with van der Waals surface area (Å²) in [4.78, 5) is 10.9. The quantitative estimate of drug-likeness (QED) is 0.875. The zero-order valence-corrected chi connectivity index (χ0v) is 10.8. The van der Waals surface area contributed by atoms with E-state index in [9.17, 15) is 13.2 Å². The van der Waals surface area contributed by atoms with Crippen LogP contribution in [-0.4, -0.2) is 25.7 Å². The summed E-state index contributed by atoms with van der Waals surface area (Å²) in [6, 6.07) is 4.65. The Morgan fingerprint density at radius 3 is 2.62 bits per heavy atom. The van der Waals surface area contributed by atoms with Gasteiger partial charge < -0.3 is 5.11 Å². The molecule has 0 bridgehead atoms. The summed E-state index contributed by atoms with van der Waals surface area (Å²) in [6.07, 6.45) is 1.02. The van der Waals surface area contributed by atoms with E-state index in [4.69, 9.17) is 5.11 Å². The van der Waals surface area contributed by atoms with Gasteiger partial charge in [-0.2, -0.15) is 0 Å². The number of hydrogen-bond acceptors (Lipinski definition) is 3. The van der Waals surface area contributed by atoms with Crippen LogP contribution in [0.3, 0.4) is 0 Å². The minimum Gasteiger partial charge on any atom is -0.478 e. The maximum absolute atomic E-state index is 10.9. The Bertz CT molecular complexity index is 512. The van der Waals surface area contributed by atoms with Crippen molar-refractivity contribution in [1.29, 1.82) is 0 Å². The van der Waals surface area contributed by atoms with Crippen molar-refractivity contribution in [3.8, 4) is 0 Å². The molecule has 0 spiro atoms. The summed E-state index contributed by atoms with van der Waals surface area (Å²) in [5, 5.41) is 8.92. The molecule has 0 radical (unpaired) electrons. The van der Waals surface area contributed by atoms with Gasteiger partial charge in [0.25, 0.3) is 0 Å². The molecule has 0 unspecified atom stereocenters.